The summed E-state index contributed by atoms with van der Waals surface area (Å²) >= 11 is 0. The van der Waals surface area contributed by atoms with E-state index in [0.29, 0.717) is 12.1 Å². The maximum Gasteiger partial charge on any atom is 0.275 e. The van der Waals surface area contributed by atoms with Crippen LogP contribution in [0.3, 0.4) is 0 Å². The van der Waals surface area contributed by atoms with Gasteiger partial charge in [-0.05, 0) is 31.0 Å². The van der Waals surface area contributed by atoms with Crippen LogP contribution in [-0.2, 0) is 0 Å². The molecule has 2 aromatic carbocycles. The number of fused-ring (bicyclic) bond motifs is 1. The van der Waals surface area contributed by atoms with Crippen molar-refractivity contribution in [1.82, 2.24) is 15.1 Å². The average molecular weight is 323 g/mol. The highest BCUT2D eigenvalue weighted by Gasteiger charge is 2.25. The number of aryl methyl sites for hydroxylation is 1. The molecule has 1 amide bonds. The summed E-state index contributed by atoms with van der Waals surface area (Å²) in [4.78, 5) is 14.6. The van der Waals surface area contributed by atoms with E-state index in [1.54, 1.807) is 11.9 Å². The number of aromatic amines is 1. The van der Waals surface area contributed by atoms with Crippen LogP contribution in [0.2, 0.25) is 0 Å². The zero-order valence-corrected chi connectivity index (χ0v) is 13.9. The van der Waals surface area contributed by atoms with Gasteiger partial charge in [0, 0.05) is 19.0 Å². The number of aliphatic hydroxyl groups excluding tert-OH is 1. The van der Waals surface area contributed by atoms with Gasteiger partial charge in [-0.25, -0.2) is 0 Å². The van der Waals surface area contributed by atoms with E-state index in [1.807, 2.05) is 55.5 Å². The standard InChI is InChI=1S/C19H21N3O2/c1-13-8-9-16-15(12-13)18(21-20-16)19(24)22(2)17(10-11-23)14-6-4-3-5-7-14/h3-9,12,17,23H,10-11H2,1-2H3,(H,20,21). The lowest BCUT2D eigenvalue weighted by Crippen LogP contribution is -2.32. The minimum Gasteiger partial charge on any atom is -0.396 e. The summed E-state index contributed by atoms with van der Waals surface area (Å²) in [6.07, 6.45) is 0.480. The van der Waals surface area contributed by atoms with Crippen molar-refractivity contribution in [2.75, 3.05) is 13.7 Å². The molecule has 0 fully saturated rings. The maximum absolute atomic E-state index is 13.0. The fourth-order valence-corrected chi connectivity index (χ4v) is 2.98. The van der Waals surface area contributed by atoms with Crippen LogP contribution in [0.25, 0.3) is 10.9 Å². The molecule has 0 radical (unpaired) electrons. The van der Waals surface area contributed by atoms with E-state index in [-0.39, 0.29) is 18.6 Å². The Morgan fingerprint density at radius 3 is 2.71 bits per heavy atom. The molecule has 1 aromatic heterocycles. The summed E-state index contributed by atoms with van der Waals surface area (Å²) in [5.41, 5.74) is 3.33. The number of hydrogen-bond donors (Lipinski definition) is 2. The lowest BCUT2D eigenvalue weighted by molar-refractivity contribution is 0.0701. The molecule has 0 saturated heterocycles. The number of nitrogens with one attached hydrogen (secondary N) is 1. The molecule has 1 unspecified atom stereocenters. The van der Waals surface area contributed by atoms with Crippen LogP contribution in [0, 0.1) is 6.92 Å². The Bertz CT molecular complexity index is 842. The number of carbonyl (C=O) groups is 1. The van der Waals surface area contributed by atoms with Crippen molar-refractivity contribution in [2.24, 2.45) is 0 Å². The first-order valence-corrected chi connectivity index (χ1v) is 7.99. The fourth-order valence-electron chi connectivity index (χ4n) is 2.98. The molecule has 0 saturated carbocycles. The summed E-state index contributed by atoms with van der Waals surface area (Å²) in [5, 5.41) is 17.4. The van der Waals surface area contributed by atoms with Crippen molar-refractivity contribution >= 4 is 16.8 Å². The molecule has 1 heterocycles. The molecule has 0 aliphatic carbocycles. The molecule has 24 heavy (non-hydrogen) atoms. The van der Waals surface area contributed by atoms with E-state index in [0.717, 1.165) is 22.0 Å². The summed E-state index contributed by atoms with van der Waals surface area (Å²) < 4.78 is 0. The van der Waals surface area contributed by atoms with Crippen LogP contribution >= 0.6 is 0 Å². The third-order valence-corrected chi connectivity index (χ3v) is 4.30. The SMILES string of the molecule is Cc1ccc2[nH]nc(C(=O)N(C)C(CCO)c3ccccc3)c2c1. The van der Waals surface area contributed by atoms with Crippen LogP contribution in [0.4, 0.5) is 0 Å². The second-order valence-electron chi connectivity index (χ2n) is 5.98. The van der Waals surface area contributed by atoms with Gasteiger partial charge in [-0.1, -0.05) is 42.0 Å². The Morgan fingerprint density at radius 1 is 1.25 bits per heavy atom. The van der Waals surface area contributed by atoms with E-state index < -0.39 is 0 Å². The minimum absolute atomic E-state index is 0.0115. The number of benzene rings is 2. The zero-order chi connectivity index (χ0) is 17.1. The van der Waals surface area contributed by atoms with E-state index in [9.17, 15) is 9.90 Å². The van der Waals surface area contributed by atoms with Crippen molar-refractivity contribution < 1.29 is 9.90 Å². The van der Waals surface area contributed by atoms with E-state index in [4.69, 9.17) is 0 Å². The maximum atomic E-state index is 13.0. The van der Waals surface area contributed by atoms with Gasteiger partial charge in [-0.3, -0.25) is 9.89 Å². The molecule has 5 heteroatoms. The highest BCUT2D eigenvalue weighted by Crippen LogP contribution is 2.26. The van der Waals surface area contributed by atoms with Crippen LogP contribution in [0.1, 0.15) is 34.1 Å². The molecule has 0 aliphatic rings. The predicted octanol–water partition coefficient (Wildman–Crippen LogP) is 3.07. The van der Waals surface area contributed by atoms with Gasteiger partial charge in [-0.15, -0.1) is 0 Å². The molecule has 124 valence electrons. The topological polar surface area (TPSA) is 69.2 Å². The third-order valence-electron chi connectivity index (χ3n) is 4.30. The number of hydrogen-bond acceptors (Lipinski definition) is 3. The smallest absolute Gasteiger partial charge is 0.275 e. The lowest BCUT2D eigenvalue weighted by atomic mass is 10.0. The molecule has 0 spiro atoms. The van der Waals surface area contributed by atoms with Crippen LogP contribution in [0.15, 0.2) is 48.5 Å². The first kappa shape index (κ1) is 16.2. The Balaban J connectivity index is 1.96. The van der Waals surface area contributed by atoms with Crippen molar-refractivity contribution in [3.63, 3.8) is 0 Å². The zero-order valence-electron chi connectivity index (χ0n) is 13.9. The number of carbonyl (C=O) groups excluding carboxylic acids is 1. The number of aliphatic hydroxyl groups is 1. The summed E-state index contributed by atoms with van der Waals surface area (Å²) in [5.74, 6) is -0.158. The van der Waals surface area contributed by atoms with E-state index in [1.165, 1.54) is 0 Å². The van der Waals surface area contributed by atoms with Gasteiger partial charge in [0.2, 0.25) is 0 Å². The van der Waals surface area contributed by atoms with Gasteiger partial charge in [0.15, 0.2) is 5.69 Å². The normalized spacial score (nSPS) is 12.3. The lowest BCUT2D eigenvalue weighted by Gasteiger charge is -2.27. The van der Waals surface area contributed by atoms with Crippen LogP contribution < -0.4 is 0 Å². The van der Waals surface area contributed by atoms with Gasteiger partial charge >= 0.3 is 0 Å². The van der Waals surface area contributed by atoms with Gasteiger partial charge in [0.1, 0.15) is 0 Å². The van der Waals surface area contributed by atoms with Gasteiger partial charge in [-0.2, -0.15) is 5.10 Å². The fraction of sp³-hybridized carbons (Fsp3) is 0.263. The van der Waals surface area contributed by atoms with Gasteiger partial charge < -0.3 is 10.0 Å². The van der Waals surface area contributed by atoms with Crippen molar-refractivity contribution in [2.45, 2.75) is 19.4 Å². The van der Waals surface area contributed by atoms with E-state index >= 15 is 0 Å². The monoisotopic (exact) mass is 323 g/mol. The molecule has 1 atom stereocenters. The largest absolute Gasteiger partial charge is 0.396 e. The molecular weight excluding hydrogens is 302 g/mol. The van der Waals surface area contributed by atoms with Gasteiger partial charge in [0.05, 0.1) is 11.6 Å². The first-order chi connectivity index (χ1) is 11.6. The third kappa shape index (κ3) is 3.03. The minimum atomic E-state index is -0.194. The summed E-state index contributed by atoms with van der Waals surface area (Å²) in [6.45, 7) is 2.00. The summed E-state index contributed by atoms with van der Waals surface area (Å²) in [6, 6.07) is 15.4. The van der Waals surface area contributed by atoms with E-state index in [2.05, 4.69) is 10.2 Å². The molecule has 0 aliphatic heterocycles. The molecule has 3 rings (SSSR count). The molecular formula is C19H21N3O2. The second kappa shape index (κ2) is 6.84. The second-order valence-corrected chi connectivity index (χ2v) is 5.98. The number of amides is 1. The highest BCUT2D eigenvalue weighted by molar-refractivity contribution is 6.04. The Hall–Kier alpha value is -2.66. The quantitative estimate of drug-likeness (QED) is 0.758. The summed E-state index contributed by atoms with van der Waals surface area (Å²) in [7, 11) is 1.76. The van der Waals surface area contributed by atoms with Crippen molar-refractivity contribution in [3.8, 4) is 0 Å². The van der Waals surface area contributed by atoms with Crippen molar-refractivity contribution in [1.29, 1.82) is 0 Å². The number of H-pyrrole nitrogens is 1. The Morgan fingerprint density at radius 2 is 2.00 bits per heavy atom. The average Bonchev–Trinajstić information content (AvgIpc) is 3.02. The number of nitrogens with zero attached hydrogens (tertiary/aromatic N) is 2. The molecule has 0 bridgehead atoms. The molecule has 5 nitrogen and oxygen atoms in total. The van der Waals surface area contributed by atoms with Crippen LogP contribution in [0.5, 0.6) is 0 Å². The highest BCUT2D eigenvalue weighted by atomic mass is 16.3. The Kier molecular flexibility index (Phi) is 4.62. The number of aromatic nitrogens is 2. The molecule has 2 N–H and O–H groups in total. The van der Waals surface area contributed by atoms with Crippen molar-refractivity contribution in [3.05, 3.63) is 65.4 Å². The first-order valence-electron chi connectivity index (χ1n) is 7.99. The van der Waals surface area contributed by atoms with Crippen LogP contribution in [-0.4, -0.2) is 39.8 Å². The van der Waals surface area contributed by atoms with Gasteiger partial charge in [0.25, 0.3) is 5.91 Å². The Labute approximate surface area is 140 Å². The predicted molar refractivity (Wildman–Crippen MR) is 93.8 cm³/mol. The molecule has 3 aromatic rings. The number of rotatable bonds is 5.